The third-order valence-corrected chi connectivity index (χ3v) is 4.24. The van der Waals surface area contributed by atoms with Gasteiger partial charge in [-0.3, -0.25) is 10.1 Å². The van der Waals surface area contributed by atoms with Gasteiger partial charge in [-0.1, -0.05) is 17.2 Å². The predicted octanol–water partition coefficient (Wildman–Crippen LogP) is 3.77. The lowest BCUT2D eigenvalue weighted by Crippen LogP contribution is -2.13. The fourth-order valence-electron chi connectivity index (χ4n) is 1.77. The number of nitrogens with one attached hydrogen (secondary N) is 1. The Bertz CT molecular complexity index is 753. The minimum absolute atomic E-state index is 0.0945. The number of nitrogens with zero attached hydrogens (tertiary/aromatic N) is 2. The monoisotopic (exact) mass is 317 g/mol. The summed E-state index contributed by atoms with van der Waals surface area (Å²) in [5.41, 5.74) is 1.43. The maximum absolute atomic E-state index is 12.2. The second-order valence-corrected chi connectivity index (χ2v) is 5.71. The second-order valence-electron chi connectivity index (χ2n) is 4.08. The van der Waals surface area contributed by atoms with Gasteiger partial charge in [-0.05, 0) is 29.8 Å². The lowest BCUT2D eigenvalue weighted by atomic mass is 10.2. The van der Waals surface area contributed by atoms with Crippen molar-refractivity contribution in [2.45, 2.75) is 4.90 Å². The number of carbonyl (C=O) groups excluding carboxylic acids is 1. The first kappa shape index (κ1) is 13.8. The van der Waals surface area contributed by atoms with Crippen LogP contribution in [0.3, 0.4) is 0 Å². The number of carbonyl (C=O) groups is 1. The van der Waals surface area contributed by atoms with Crippen LogP contribution in [0.25, 0.3) is 11.5 Å². The van der Waals surface area contributed by atoms with Crippen molar-refractivity contribution < 1.29 is 9.21 Å². The third-order valence-electron chi connectivity index (χ3n) is 2.77. The molecule has 1 amide bonds. The molecule has 0 bridgehead atoms. The molecule has 0 unspecified atom stereocenters. The average Bonchev–Trinajstić information content (AvgIpc) is 3.17. The molecule has 0 atom stereocenters. The Kier molecular flexibility index (Phi) is 4.03. The normalized spacial score (nSPS) is 10.5. The van der Waals surface area contributed by atoms with Crippen LogP contribution in [0, 0.1) is 0 Å². The van der Waals surface area contributed by atoms with Gasteiger partial charge in [0.2, 0.25) is 0 Å². The van der Waals surface area contributed by atoms with E-state index < -0.39 is 0 Å². The highest BCUT2D eigenvalue weighted by Crippen LogP contribution is 2.24. The quantitative estimate of drug-likeness (QED) is 0.742. The fourth-order valence-corrected chi connectivity index (χ4v) is 3.00. The first-order valence-electron chi connectivity index (χ1n) is 6.08. The van der Waals surface area contributed by atoms with Crippen molar-refractivity contribution in [1.29, 1.82) is 0 Å². The van der Waals surface area contributed by atoms with E-state index in [0.717, 1.165) is 10.5 Å². The molecular formula is C14H11N3O2S2. The maximum Gasteiger partial charge on any atom is 0.322 e. The summed E-state index contributed by atoms with van der Waals surface area (Å²) in [6, 6.07) is 9.34. The molecule has 7 heteroatoms. The summed E-state index contributed by atoms with van der Waals surface area (Å²) in [6.45, 7) is 0. The molecule has 0 aliphatic carbocycles. The van der Waals surface area contributed by atoms with Gasteiger partial charge in [-0.2, -0.15) is 11.3 Å². The van der Waals surface area contributed by atoms with Crippen molar-refractivity contribution in [2.24, 2.45) is 0 Å². The zero-order valence-corrected chi connectivity index (χ0v) is 12.7. The molecule has 0 aliphatic rings. The number of anilines is 1. The molecule has 0 fully saturated rings. The molecule has 1 aromatic carbocycles. The van der Waals surface area contributed by atoms with Crippen LogP contribution in [-0.2, 0) is 0 Å². The summed E-state index contributed by atoms with van der Waals surface area (Å²) in [7, 11) is 0. The highest BCUT2D eigenvalue weighted by Gasteiger charge is 2.15. The van der Waals surface area contributed by atoms with Crippen LogP contribution in [0.1, 0.15) is 10.4 Å². The Morgan fingerprint density at radius 3 is 2.90 bits per heavy atom. The van der Waals surface area contributed by atoms with Crippen molar-refractivity contribution >= 4 is 35.0 Å². The Balaban J connectivity index is 1.79. The standard InChI is InChI=1S/C14H11N3O2S2/c1-20-11-5-3-2-4-10(11)12(18)15-14-17-16-13(19-14)9-6-7-21-8-9/h2-8H,1H3,(H,15,17,18). The molecule has 0 saturated heterocycles. The minimum Gasteiger partial charge on any atom is -0.403 e. The van der Waals surface area contributed by atoms with Gasteiger partial charge in [0.25, 0.3) is 11.8 Å². The molecule has 0 spiro atoms. The van der Waals surface area contributed by atoms with Gasteiger partial charge in [0.15, 0.2) is 0 Å². The van der Waals surface area contributed by atoms with Gasteiger partial charge < -0.3 is 4.42 Å². The highest BCUT2D eigenvalue weighted by atomic mass is 32.2. The smallest absolute Gasteiger partial charge is 0.322 e. The van der Waals surface area contributed by atoms with Crippen LogP contribution in [0.5, 0.6) is 0 Å². The van der Waals surface area contributed by atoms with Gasteiger partial charge >= 0.3 is 6.01 Å². The summed E-state index contributed by atoms with van der Waals surface area (Å²) in [4.78, 5) is 13.1. The molecule has 5 nitrogen and oxygen atoms in total. The van der Waals surface area contributed by atoms with Gasteiger partial charge in [0.1, 0.15) is 0 Å². The van der Waals surface area contributed by atoms with Crippen molar-refractivity contribution in [3.63, 3.8) is 0 Å². The first-order valence-corrected chi connectivity index (χ1v) is 8.25. The van der Waals surface area contributed by atoms with E-state index in [1.54, 1.807) is 17.4 Å². The third kappa shape index (κ3) is 2.98. The zero-order valence-electron chi connectivity index (χ0n) is 11.1. The van der Waals surface area contributed by atoms with Crippen LogP contribution < -0.4 is 5.32 Å². The average molecular weight is 317 g/mol. The summed E-state index contributed by atoms with van der Waals surface area (Å²) >= 11 is 3.05. The number of rotatable bonds is 4. The maximum atomic E-state index is 12.2. The molecule has 0 aliphatic heterocycles. The van der Waals surface area contributed by atoms with E-state index in [-0.39, 0.29) is 11.9 Å². The topological polar surface area (TPSA) is 68.0 Å². The van der Waals surface area contributed by atoms with Crippen LogP contribution in [0.15, 0.2) is 50.4 Å². The van der Waals surface area contributed by atoms with Gasteiger partial charge in [0, 0.05) is 15.8 Å². The zero-order chi connectivity index (χ0) is 14.7. The Labute approximate surface area is 129 Å². The number of hydrogen-bond donors (Lipinski definition) is 1. The SMILES string of the molecule is CSc1ccccc1C(=O)Nc1nnc(-c2ccsc2)o1. The number of thiophene rings is 1. The summed E-state index contributed by atoms with van der Waals surface area (Å²) in [5.74, 6) is 0.130. The van der Waals surface area contributed by atoms with Gasteiger partial charge in [0.05, 0.1) is 5.56 Å². The molecule has 0 radical (unpaired) electrons. The molecule has 3 rings (SSSR count). The molecule has 2 aromatic heterocycles. The molecule has 2 heterocycles. The van der Waals surface area contributed by atoms with Crippen LogP contribution in [-0.4, -0.2) is 22.4 Å². The predicted molar refractivity (Wildman–Crippen MR) is 83.8 cm³/mol. The molecule has 3 aromatic rings. The Morgan fingerprint density at radius 1 is 1.29 bits per heavy atom. The van der Waals surface area contributed by atoms with Crippen molar-refractivity contribution in [3.8, 4) is 11.5 Å². The second kappa shape index (κ2) is 6.11. The largest absolute Gasteiger partial charge is 0.403 e. The van der Waals surface area contributed by atoms with E-state index in [9.17, 15) is 4.79 Å². The summed E-state index contributed by atoms with van der Waals surface area (Å²) in [6.07, 6.45) is 1.92. The van der Waals surface area contributed by atoms with E-state index in [0.29, 0.717) is 11.5 Å². The summed E-state index contributed by atoms with van der Waals surface area (Å²) in [5, 5.41) is 14.2. The number of amides is 1. The Morgan fingerprint density at radius 2 is 2.14 bits per heavy atom. The molecule has 106 valence electrons. The molecule has 21 heavy (non-hydrogen) atoms. The number of hydrogen-bond acceptors (Lipinski definition) is 6. The fraction of sp³-hybridized carbons (Fsp3) is 0.0714. The number of thioether (sulfide) groups is 1. The minimum atomic E-state index is -0.263. The number of aromatic nitrogens is 2. The van der Waals surface area contributed by atoms with E-state index in [4.69, 9.17) is 4.42 Å². The van der Waals surface area contributed by atoms with E-state index >= 15 is 0 Å². The van der Waals surface area contributed by atoms with E-state index in [2.05, 4.69) is 15.5 Å². The highest BCUT2D eigenvalue weighted by molar-refractivity contribution is 7.98. The summed E-state index contributed by atoms with van der Waals surface area (Å²) < 4.78 is 5.44. The van der Waals surface area contributed by atoms with Crippen LogP contribution in [0.2, 0.25) is 0 Å². The molecule has 1 N–H and O–H groups in total. The Hall–Kier alpha value is -2.12. The molecule has 0 saturated carbocycles. The van der Waals surface area contributed by atoms with Crippen LogP contribution in [0.4, 0.5) is 6.01 Å². The first-order chi connectivity index (χ1) is 10.3. The molecular weight excluding hydrogens is 306 g/mol. The van der Waals surface area contributed by atoms with Crippen molar-refractivity contribution in [2.75, 3.05) is 11.6 Å². The van der Waals surface area contributed by atoms with E-state index in [1.807, 2.05) is 41.3 Å². The van der Waals surface area contributed by atoms with Gasteiger partial charge in [-0.25, -0.2) is 0 Å². The lowest BCUT2D eigenvalue weighted by molar-refractivity contribution is 0.102. The van der Waals surface area contributed by atoms with Crippen molar-refractivity contribution in [3.05, 3.63) is 46.7 Å². The van der Waals surface area contributed by atoms with Crippen LogP contribution >= 0.6 is 23.1 Å². The lowest BCUT2D eigenvalue weighted by Gasteiger charge is -2.05. The number of benzene rings is 1. The van der Waals surface area contributed by atoms with Crippen molar-refractivity contribution in [1.82, 2.24) is 10.2 Å². The van der Waals surface area contributed by atoms with Gasteiger partial charge in [-0.15, -0.1) is 16.9 Å². The van der Waals surface area contributed by atoms with E-state index in [1.165, 1.54) is 11.8 Å².